The minimum atomic E-state index is -3.77. The maximum Gasteiger partial charge on any atom is 0.276 e. The number of nitrogens with zero attached hydrogens (tertiary/aromatic N) is 2. The van der Waals surface area contributed by atoms with Crippen molar-refractivity contribution in [2.75, 3.05) is 0 Å². The summed E-state index contributed by atoms with van der Waals surface area (Å²) < 4.78 is 25.0. The summed E-state index contributed by atoms with van der Waals surface area (Å²) >= 11 is 0. The molecule has 1 aliphatic carbocycles. The monoisotopic (exact) mass is 398 g/mol. The first-order chi connectivity index (χ1) is 13.3. The largest absolute Gasteiger partial charge is 0.353 e. The lowest BCUT2D eigenvalue weighted by atomic mass is 9.94. The lowest BCUT2D eigenvalue weighted by Gasteiger charge is -2.14. The molecule has 0 radical (unpaired) electrons. The second-order valence-electron chi connectivity index (χ2n) is 6.79. The number of benzene rings is 2. The van der Waals surface area contributed by atoms with E-state index in [1.54, 1.807) is 24.3 Å². The molecule has 4 rings (SSSR count). The number of rotatable bonds is 4. The van der Waals surface area contributed by atoms with Crippen LogP contribution in [0.1, 0.15) is 29.7 Å². The number of hydrogen-bond donors (Lipinski definition) is 2. The van der Waals surface area contributed by atoms with Gasteiger partial charge in [-0.05, 0) is 49.9 Å². The number of nitro groups is 1. The van der Waals surface area contributed by atoms with Crippen LogP contribution in [0, 0.1) is 17.0 Å². The van der Waals surface area contributed by atoms with E-state index in [2.05, 4.69) is 14.9 Å². The van der Waals surface area contributed by atoms with Gasteiger partial charge in [-0.25, -0.2) is 0 Å². The Morgan fingerprint density at radius 2 is 1.89 bits per heavy atom. The maximum atomic E-state index is 12.5. The first-order valence-electron chi connectivity index (χ1n) is 8.79. The van der Waals surface area contributed by atoms with Gasteiger partial charge in [-0.2, -0.15) is 18.4 Å². The van der Waals surface area contributed by atoms with Gasteiger partial charge in [0.2, 0.25) is 0 Å². The average Bonchev–Trinajstić information content (AvgIpc) is 3.05. The van der Waals surface area contributed by atoms with Crippen LogP contribution in [0.5, 0.6) is 0 Å². The Morgan fingerprint density at radius 3 is 2.61 bits per heavy atom. The first-order valence-corrected chi connectivity index (χ1v) is 10.3. The number of hydrogen-bond acceptors (Lipinski definition) is 5. The zero-order chi connectivity index (χ0) is 19.9. The van der Waals surface area contributed by atoms with Crippen molar-refractivity contribution in [3.05, 3.63) is 69.4 Å². The van der Waals surface area contributed by atoms with Gasteiger partial charge in [0.15, 0.2) is 0 Å². The average molecular weight is 398 g/mol. The summed E-state index contributed by atoms with van der Waals surface area (Å²) in [6.07, 6.45) is 2.15. The van der Waals surface area contributed by atoms with E-state index in [9.17, 15) is 18.5 Å². The molecule has 0 saturated carbocycles. The molecule has 0 saturated heterocycles. The summed E-state index contributed by atoms with van der Waals surface area (Å²) in [6, 6.07) is 11.2. The van der Waals surface area contributed by atoms with Crippen LogP contribution in [0.2, 0.25) is 0 Å². The molecular weight excluding hydrogens is 380 g/mol. The molecule has 0 fully saturated rings. The van der Waals surface area contributed by atoms with Gasteiger partial charge in [-0.1, -0.05) is 17.7 Å². The Balaban J connectivity index is 1.70. The number of aryl methyl sites for hydroxylation is 2. The SMILES string of the molecule is Cc1ccc(S(=O)(=O)N/N=C2/CCCc3c2[nH]c2ccc([N+](=O)[O-])cc32)cc1. The molecule has 3 aromatic rings. The smallest absolute Gasteiger partial charge is 0.276 e. The third-order valence-electron chi connectivity index (χ3n) is 4.86. The van der Waals surface area contributed by atoms with Crippen molar-refractivity contribution in [1.29, 1.82) is 0 Å². The van der Waals surface area contributed by atoms with Crippen LogP contribution in [0.15, 0.2) is 52.5 Å². The van der Waals surface area contributed by atoms with E-state index in [1.807, 2.05) is 6.92 Å². The first kappa shape index (κ1) is 18.2. The standard InChI is InChI=1S/C19H18N4O4S/c1-12-5-8-14(9-6-12)28(26,27)22-21-18-4-2-3-15-16-11-13(23(24)25)7-10-17(16)20-19(15)18/h5-11,20,22H,2-4H2,1H3/b21-18-. The maximum absolute atomic E-state index is 12.5. The highest BCUT2D eigenvalue weighted by molar-refractivity contribution is 7.89. The Bertz CT molecular complexity index is 1210. The summed E-state index contributed by atoms with van der Waals surface area (Å²) in [6.45, 7) is 1.88. The molecular formula is C19H18N4O4S. The molecule has 0 bridgehead atoms. The van der Waals surface area contributed by atoms with Crippen LogP contribution >= 0.6 is 0 Å². The number of aromatic nitrogens is 1. The van der Waals surface area contributed by atoms with Crippen LogP contribution in [0.25, 0.3) is 10.9 Å². The zero-order valence-electron chi connectivity index (χ0n) is 15.1. The van der Waals surface area contributed by atoms with Crippen molar-refractivity contribution >= 4 is 32.3 Å². The quantitative estimate of drug-likeness (QED) is 0.517. The summed E-state index contributed by atoms with van der Waals surface area (Å²) in [5.74, 6) is 0. The molecule has 8 nitrogen and oxygen atoms in total. The van der Waals surface area contributed by atoms with Gasteiger partial charge in [-0.15, -0.1) is 0 Å². The Kier molecular flexibility index (Phi) is 4.38. The second kappa shape index (κ2) is 6.75. The fourth-order valence-electron chi connectivity index (χ4n) is 3.41. The van der Waals surface area contributed by atoms with Crippen molar-refractivity contribution < 1.29 is 13.3 Å². The molecule has 2 aromatic carbocycles. The molecule has 0 unspecified atom stereocenters. The van der Waals surface area contributed by atoms with Gasteiger partial charge in [0.05, 0.1) is 21.2 Å². The number of non-ortho nitro benzene ring substituents is 1. The van der Waals surface area contributed by atoms with Gasteiger partial charge >= 0.3 is 0 Å². The van der Waals surface area contributed by atoms with E-state index in [0.29, 0.717) is 12.1 Å². The van der Waals surface area contributed by atoms with Gasteiger partial charge < -0.3 is 4.98 Å². The van der Waals surface area contributed by atoms with Gasteiger partial charge in [-0.3, -0.25) is 10.1 Å². The van der Waals surface area contributed by atoms with Crippen molar-refractivity contribution in [1.82, 2.24) is 9.82 Å². The van der Waals surface area contributed by atoms with Gasteiger partial charge in [0.25, 0.3) is 15.7 Å². The van der Waals surface area contributed by atoms with Crippen LogP contribution in [0.3, 0.4) is 0 Å². The lowest BCUT2D eigenvalue weighted by Crippen LogP contribution is -2.22. The molecule has 0 aliphatic heterocycles. The molecule has 28 heavy (non-hydrogen) atoms. The number of fused-ring (bicyclic) bond motifs is 3. The second-order valence-corrected chi connectivity index (χ2v) is 8.45. The summed E-state index contributed by atoms with van der Waals surface area (Å²) in [5.41, 5.74) is 4.02. The normalized spacial score (nSPS) is 15.5. The molecule has 1 heterocycles. The number of hydrazone groups is 1. The summed E-state index contributed by atoms with van der Waals surface area (Å²) in [7, 11) is -3.77. The molecule has 0 atom stereocenters. The van der Waals surface area contributed by atoms with Crippen molar-refractivity contribution in [3.63, 3.8) is 0 Å². The Labute approximate surface area is 161 Å². The minimum absolute atomic E-state index is 0.0263. The van der Waals surface area contributed by atoms with E-state index in [-0.39, 0.29) is 10.6 Å². The van der Waals surface area contributed by atoms with E-state index < -0.39 is 14.9 Å². The number of nitro benzene ring substituents is 1. The third kappa shape index (κ3) is 3.24. The van der Waals surface area contributed by atoms with Crippen LogP contribution < -0.4 is 4.83 Å². The number of aromatic amines is 1. The summed E-state index contributed by atoms with van der Waals surface area (Å²) in [4.78, 5) is 16.3. The predicted octanol–water partition coefficient (Wildman–Crippen LogP) is 3.40. The van der Waals surface area contributed by atoms with E-state index in [4.69, 9.17) is 0 Å². The fraction of sp³-hybridized carbons (Fsp3) is 0.211. The van der Waals surface area contributed by atoms with Crippen molar-refractivity contribution in [3.8, 4) is 0 Å². The molecule has 144 valence electrons. The van der Waals surface area contributed by atoms with Crippen LogP contribution in [0.4, 0.5) is 5.69 Å². The topological polar surface area (TPSA) is 117 Å². The fourth-order valence-corrected chi connectivity index (χ4v) is 4.24. The molecule has 0 spiro atoms. The molecule has 9 heteroatoms. The van der Waals surface area contributed by atoms with E-state index in [1.165, 1.54) is 18.2 Å². The molecule has 0 amide bonds. The van der Waals surface area contributed by atoms with Crippen LogP contribution in [-0.4, -0.2) is 24.0 Å². The third-order valence-corrected chi connectivity index (χ3v) is 6.09. The Morgan fingerprint density at radius 1 is 1.14 bits per heavy atom. The zero-order valence-corrected chi connectivity index (χ0v) is 15.9. The Hall–Kier alpha value is -3.20. The van der Waals surface area contributed by atoms with Crippen LogP contribution in [-0.2, 0) is 16.4 Å². The highest BCUT2D eigenvalue weighted by atomic mass is 32.2. The highest BCUT2D eigenvalue weighted by Gasteiger charge is 2.23. The van der Waals surface area contributed by atoms with E-state index >= 15 is 0 Å². The van der Waals surface area contributed by atoms with E-state index in [0.717, 1.165) is 40.6 Å². The van der Waals surface area contributed by atoms with Crippen molar-refractivity contribution in [2.24, 2.45) is 5.10 Å². The molecule has 2 N–H and O–H groups in total. The number of H-pyrrole nitrogens is 1. The molecule has 1 aliphatic rings. The van der Waals surface area contributed by atoms with Gasteiger partial charge in [0, 0.05) is 23.0 Å². The summed E-state index contributed by atoms with van der Waals surface area (Å²) in [5, 5.41) is 16.0. The van der Waals surface area contributed by atoms with Gasteiger partial charge in [0.1, 0.15) is 0 Å². The van der Waals surface area contributed by atoms with Crippen molar-refractivity contribution in [2.45, 2.75) is 31.1 Å². The number of sulfonamides is 1. The highest BCUT2D eigenvalue weighted by Crippen LogP contribution is 2.31. The predicted molar refractivity (Wildman–Crippen MR) is 106 cm³/mol. The molecule has 1 aromatic heterocycles. The minimum Gasteiger partial charge on any atom is -0.353 e. The lowest BCUT2D eigenvalue weighted by molar-refractivity contribution is -0.384. The number of nitrogens with one attached hydrogen (secondary N) is 2.